The molecule has 0 atom stereocenters. The molecule has 0 saturated heterocycles. The average molecular weight is 501 g/mol. The van der Waals surface area contributed by atoms with Crippen molar-refractivity contribution in [2.75, 3.05) is 13.0 Å². The molecular weight excluding hydrogens is 468 g/mol. The Labute approximate surface area is 219 Å². The number of methoxy groups -OCH3 is 1. The molecule has 186 valence electrons. The first kappa shape index (κ1) is 26.9. The van der Waals surface area contributed by atoms with E-state index < -0.39 is 0 Å². The number of ether oxygens (including phenoxy) is 2. The largest absolute Gasteiger partial charge is 0.508 e. The lowest BCUT2D eigenvalue weighted by Crippen LogP contribution is -1.98. The molecule has 4 aromatic rings. The van der Waals surface area contributed by atoms with Gasteiger partial charge in [0.25, 0.3) is 0 Å². The van der Waals surface area contributed by atoms with Crippen molar-refractivity contribution in [3.8, 4) is 17.2 Å². The van der Waals surface area contributed by atoms with E-state index in [9.17, 15) is 5.11 Å². The molecule has 3 nitrogen and oxygen atoms in total. The van der Waals surface area contributed by atoms with E-state index in [4.69, 9.17) is 21.1 Å². The van der Waals surface area contributed by atoms with Crippen LogP contribution in [0.3, 0.4) is 0 Å². The van der Waals surface area contributed by atoms with E-state index in [1.165, 1.54) is 0 Å². The Hall–Kier alpha value is -3.69. The summed E-state index contributed by atoms with van der Waals surface area (Å²) in [4.78, 5) is 0. The van der Waals surface area contributed by atoms with Crippen molar-refractivity contribution < 1.29 is 14.6 Å². The molecule has 0 aliphatic carbocycles. The van der Waals surface area contributed by atoms with E-state index in [0.29, 0.717) is 12.5 Å². The molecule has 0 heterocycles. The maximum Gasteiger partial charge on any atom is 0.119 e. The molecule has 0 amide bonds. The molecule has 0 aliphatic rings. The molecule has 0 fully saturated rings. The highest BCUT2D eigenvalue weighted by Crippen LogP contribution is 2.36. The third-order valence-corrected chi connectivity index (χ3v) is 5.82. The maximum atomic E-state index is 9.83. The van der Waals surface area contributed by atoms with Gasteiger partial charge < -0.3 is 14.6 Å². The average Bonchev–Trinajstić information content (AvgIpc) is 2.95. The molecule has 1 N–H and O–H groups in total. The fourth-order valence-electron chi connectivity index (χ4n) is 3.90. The van der Waals surface area contributed by atoms with Crippen molar-refractivity contribution in [1.29, 1.82) is 0 Å². The molecule has 0 radical (unpaired) electrons. The van der Waals surface area contributed by atoms with Gasteiger partial charge in [-0.05, 0) is 76.2 Å². The Bertz CT molecular complexity index is 1210. The second-order valence-corrected chi connectivity index (χ2v) is 8.24. The van der Waals surface area contributed by atoms with Crippen molar-refractivity contribution in [1.82, 2.24) is 0 Å². The number of phenolic OH excluding ortho intramolecular Hbond substituents is 1. The second-order valence-electron chi connectivity index (χ2n) is 7.87. The minimum absolute atomic E-state index is 0.240. The first-order chi connectivity index (χ1) is 17.7. The quantitative estimate of drug-likeness (QED) is 0.185. The third kappa shape index (κ3) is 7.16. The zero-order valence-electron chi connectivity index (χ0n) is 21.1. The molecule has 0 aliphatic heterocycles. The second kappa shape index (κ2) is 14.0. The number of alkyl halides is 1. The van der Waals surface area contributed by atoms with Gasteiger partial charge in [0.2, 0.25) is 0 Å². The van der Waals surface area contributed by atoms with Gasteiger partial charge in [-0.1, -0.05) is 80.6 Å². The van der Waals surface area contributed by atoms with Crippen molar-refractivity contribution in [3.05, 3.63) is 125 Å². The molecule has 0 saturated carbocycles. The smallest absolute Gasteiger partial charge is 0.119 e. The predicted molar refractivity (Wildman–Crippen MR) is 151 cm³/mol. The molecule has 0 aromatic heterocycles. The summed E-state index contributed by atoms with van der Waals surface area (Å²) in [5.41, 5.74) is 6.54. The summed E-state index contributed by atoms with van der Waals surface area (Å²) < 4.78 is 11.2. The Balaban J connectivity index is 0.00000176. The summed E-state index contributed by atoms with van der Waals surface area (Å²) in [6.07, 6.45) is 0.720. The van der Waals surface area contributed by atoms with Gasteiger partial charge in [0.05, 0.1) is 7.11 Å². The zero-order chi connectivity index (χ0) is 25.8. The first-order valence-corrected chi connectivity index (χ1v) is 12.7. The lowest BCUT2D eigenvalue weighted by Gasteiger charge is -2.17. The molecule has 0 bridgehead atoms. The van der Waals surface area contributed by atoms with E-state index >= 15 is 0 Å². The molecule has 4 rings (SSSR count). The van der Waals surface area contributed by atoms with Crippen LogP contribution < -0.4 is 9.47 Å². The highest BCUT2D eigenvalue weighted by atomic mass is 35.5. The number of hydrogen-bond acceptors (Lipinski definition) is 3. The van der Waals surface area contributed by atoms with Crippen molar-refractivity contribution in [2.24, 2.45) is 0 Å². The van der Waals surface area contributed by atoms with Gasteiger partial charge >= 0.3 is 0 Å². The van der Waals surface area contributed by atoms with E-state index in [2.05, 4.69) is 24.3 Å². The number of allylic oxidation sites excluding steroid dienone is 1. The number of rotatable bonds is 9. The van der Waals surface area contributed by atoms with Crippen LogP contribution in [0.25, 0.3) is 11.1 Å². The minimum atomic E-state index is 0.240. The number of aromatic hydroxyl groups is 1. The fraction of sp³-hybridized carbons (Fsp3) is 0.188. The van der Waals surface area contributed by atoms with Crippen molar-refractivity contribution in [3.63, 3.8) is 0 Å². The molecule has 36 heavy (non-hydrogen) atoms. The highest BCUT2D eigenvalue weighted by Gasteiger charge is 2.14. The van der Waals surface area contributed by atoms with Crippen LogP contribution in [0.1, 0.15) is 42.5 Å². The topological polar surface area (TPSA) is 38.7 Å². The molecule has 0 unspecified atom stereocenters. The number of hydrogen-bond donors (Lipinski definition) is 1. The monoisotopic (exact) mass is 500 g/mol. The Kier molecular flexibility index (Phi) is 10.5. The Morgan fingerprint density at radius 1 is 0.694 bits per heavy atom. The van der Waals surface area contributed by atoms with Crippen LogP contribution in [0.5, 0.6) is 17.2 Å². The first-order valence-electron chi connectivity index (χ1n) is 12.2. The van der Waals surface area contributed by atoms with E-state index in [-0.39, 0.29) is 5.75 Å². The van der Waals surface area contributed by atoms with Crippen LogP contribution in [-0.2, 0) is 6.61 Å². The normalized spacial score (nSPS) is 11.1. The van der Waals surface area contributed by atoms with Crippen molar-refractivity contribution in [2.45, 2.75) is 26.9 Å². The van der Waals surface area contributed by atoms with Crippen LogP contribution in [0, 0.1) is 0 Å². The van der Waals surface area contributed by atoms with Gasteiger partial charge in [-0.15, -0.1) is 11.6 Å². The van der Waals surface area contributed by atoms with Crippen LogP contribution in [0.2, 0.25) is 0 Å². The number of phenols is 1. The van der Waals surface area contributed by atoms with Crippen LogP contribution in [0.4, 0.5) is 0 Å². The standard InChI is InChI=1S/C30H27ClO3.C2H6/c1-33-27-15-7-22(8-16-27)21-34-28-17-11-25(12-18-28)30(24-9-13-26(32)14-10-24)29(19-20-31)23-5-3-2-4-6-23;1-2/h2-18,32H,19-21H2,1H3;1-2H3/b30-29+;. The maximum absolute atomic E-state index is 9.83. The van der Waals surface area contributed by atoms with Gasteiger partial charge in [0, 0.05) is 5.88 Å². The number of benzene rings is 4. The highest BCUT2D eigenvalue weighted by molar-refractivity contribution is 6.18. The van der Waals surface area contributed by atoms with Crippen LogP contribution in [0.15, 0.2) is 103 Å². The van der Waals surface area contributed by atoms with E-state index in [1.807, 2.05) is 80.6 Å². The third-order valence-electron chi connectivity index (χ3n) is 5.63. The van der Waals surface area contributed by atoms with Crippen LogP contribution in [-0.4, -0.2) is 18.1 Å². The zero-order valence-corrected chi connectivity index (χ0v) is 21.8. The number of halogens is 1. The predicted octanol–water partition coefficient (Wildman–Crippen LogP) is 8.59. The van der Waals surface area contributed by atoms with Gasteiger partial charge in [0.1, 0.15) is 23.9 Å². The Morgan fingerprint density at radius 2 is 1.25 bits per heavy atom. The summed E-state index contributed by atoms with van der Waals surface area (Å²) in [5, 5.41) is 9.83. The summed E-state index contributed by atoms with van der Waals surface area (Å²) >= 11 is 6.23. The molecule has 4 heteroatoms. The van der Waals surface area contributed by atoms with Gasteiger partial charge in [-0.2, -0.15) is 0 Å². The van der Waals surface area contributed by atoms with Crippen molar-refractivity contribution >= 4 is 22.7 Å². The molecular formula is C32H33ClO3. The molecule has 4 aromatic carbocycles. The van der Waals surface area contributed by atoms with Gasteiger partial charge in [-0.3, -0.25) is 0 Å². The lowest BCUT2D eigenvalue weighted by atomic mass is 9.88. The minimum Gasteiger partial charge on any atom is -0.508 e. The van der Waals surface area contributed by atoms with Crippen LogP contribution >= 0.6 is 11.6 Å². The summed E-state index contributed by atoms with van der Waals surface area (Å²) in [6, 6.07) is 33.6. The summed E-state index contributed by atoms with van der Waals surface area (Å²) in [5.74, 6) is 2.37. The van der Waals surface area contributed by atoms with Gasteiger partial charge in [-0.25, -0.2) is 0 Å². The summed E-state index contributed by atoms with van der Waals surface area (Å²) in [6.45, 7) is 4.48. The van der Waals surface area contributed by atoms with E-state index in [0.717, 1.165) is 51.3 Å². The van der Waals surface area contributed by atoms with E-state index in [1.54, 1.807) is 19.2 Å². The molecule has 0 spiro atoms. The fourth-order valence-corrected chi connectivity index (χ4v) is 4.09. The lowest BCUT2D eigenvalue weighted by molar-refractivity contribution is 0.306. The Morgan fingerprint density at radius 3 is 1.81 bits per heavy atom. The SMILES string of the molecule is CC.COc1ccc(COc2ccc(/C(=C(\CCCl)c3ccccc3)c3ccc(O)cc3)cc2)cc1. The van der Waals surface area contributed by atoms with Gasteiger partial charge in [0.15, 0.2) is 0 Å². The summed E-state index contributed by atoms with van der Waals surface area (Å²) in [7, 11) is 1.66.